The number of carbonyl (C=O) groups excluding carboxylic acids is 1. The Bertz CT molecular complexity index is 1680. The summed E-state index contributed by atoms with van der Waals surface area (Å²) < 4.78 is 18.9. The number of ether oxygens (including phenoxy) is 3. The molecule has 202 valence electrons. The van der Waals surface area contributed by atoms with Crippen LogP contribution in [0.1, 0.15) is 22.8 Å². The van der Waals surface area contributed by atoms with Gasteiger partial charge in [-0.1, -0.05) is 48.5 Å². The Morgan fingerprint density at radius 2 is 1.45 bits per heavy atom. The van der Waals surface area contributed by atoms with Gasteiger partial charge in [0.1, 0.15) is 29.4 Å². The van der Waals surface area contributed by atoms with E-state index in [1.54, 1.807) is 43.5 Å². The lowest BCUT2D eigenvalue weighted by molar-refractivity contribution is 0.0987. The largest absolute Gasteiger partial charge is 0.497 e. The summed E-state index contributed by atoms with van der Waals surface area (Å²) in [6, 6.07) is 29.9. The fourth-order valence-electron chi connectivity index (χ4n) is 4.63. The molecule has 0 atom stereocenters. The van der Waals surface area contributed by atoms with Crippen molar-refractivity contribution in [3.63, 3.8) is 0 Å². The minimum absolute atomic E-state index is 0.0537. The van der Waals surface area contributed by atoms with Crippen molar-refractivity contribution >= 4 is 22.5 Å². The second kappa shape index (κ2) is 11.8. The zero-order valence-corrected chi connectivity index (χ0v) is 22.7. The molecule has 0 radical (unpaired) electrons. The number of nitrogens with zero attached hydrogens (tertiary/aromatic N) is 2. The molecular formula is C33H30N2O5. The van der Waals surface area contributed by atoms with Crippen LogP contribution < -0.4 is 24.5 Å². The third-order valence-electron chi connectivity index (χ3n) is 6.70. The van der Waals surface area contributed by atoms with Crippen LogP contribution in [0.4, 0.5) is 5.69 Å². The standard InChI is InChI=1S/C33H30N2O5/c1-4-34(24-13-9-6-10-14-24)33(37)30-21-35(25-17-27(38-2)19-28(18-25)39-3)31-20-26(15-16-29(31)32(30)36)40-22-23-11-7-5-8-12-23/h5-21H,4,22H2,1-3H3. The number of aromatic nitrogens is 1. The molecule has 0 aliphatic rings. The van der Waals surface area contributed by atoms with Crippen molar-refractivity contribution in [2.24, 2.45) is 0 Å². The molecule has 1 heterocycles. The maximum Gasteiger partial charge on any atom is 0.263 e. The number of para-hydroxylation sites is 1. The van der Waals surface area contributed by atoms with Gasteiger partial charge in [-0.3, -0.25) is 9.59 Å². The topological polar surface area (TPSA) is 70.0 Å². The van der Waals surface area contributed by atoms with Gasteiger partial charge in [-0.2, -0.15) is 0 Å². The van der Waals surface area contributed by atoms with E-state index in [0.29, 0.717) is 52.7 Å². The van der Waals surface area contributed by atoms with Gasteiger partial charge in [0, 0.05) is 48.1 Å². The molecule has 0 unspecified atom stereocenters. The van der Waals surface area contributed by atoms with Gasteiger partial charge >= 0.3 is 0 Å². The normalized spacial score (nSPS) is 10.8. The van der Waals surface area contributed by atoms with Crippen molar-refractivity contribution in [2.45, 2.75) is 13.5 Å². The molecule has 40 heavy (non-hydrogen) atoms. The molecule has 0 fully saturated rings. The highest BCUT2D eigenvalue weighted by atomic mass is 16.5. The van der Waals surface area contributed by atoms with Gasteiger partial charge in [-0.25, -0.2) is 0 Å². The first kappa shape index (κ1) is 26.6. The van der Waals surface area contributed by atoms with Crippen molar-refractivity contribution in [2.75, 3.05) is 25.7 Å². The Kier molecular flexibility index (Phi) is 7.82. The third kappa shape index (κ3) is 5.40. The number of anilines is 1. The average molecular weight is 535 g/mol. The van der Waals surface area contributed by atoms with Gasteiger partial charge < -0.3 is 23.7 Å². The quantitative estimate of drug-likeness (QED) is 0.223. The van der Waals surface area contributed by atoms with Crippen molar-refractivity contribution in [1.82, 2.24) is 4.57 Å². The van der Waals surface area contributed by atoms with Crippen LogP contribution in [0.25, 0.3) is 16.6 Å². The van der Waals surface area contributed by atoms with Crippen molar-refractivity contribution in [1.29, 1.82) is 0 Å². The van der Waals surface area contributed by atoms with E-state index in [9.17, 15) is 9.59 Å². The second-order valence-electron chi connectivity index (χ2n) is 9.15. The maximum atomic E-state index is 13.8. The minimum Gasteiger partial charge on any atom is -0.497 e. The molecule has 0 spiro atoms. The highest BCUT2D eigenvalue weighted by Crippen LogP contribution is 2.29. The van der Waals surface area contributed by atoms with E-state index >= 15 is 0 Å². The van der Waals surface area contributed by atoms with Gasteiger partial charge in [-0.05, 0) is 36.8 Å². The summed E-state index contributed by atoms with van der Waals surface area (Å²) in [6.45, 7) is 2.66. The number of amides is 1. The zero-order chi connectivity index (χ0) is 28.1. The molecule has 0 N–H and O–H groups in total. The highest BCUT2D eigenvalue weighted by Gasteiger charge is 2.23. The van der Waals surface area contributed by atoms with Crippen molar-refractivity contribution in [3.05, 3.63) is 125 Å². The summed E-state index contributed by atoms with van der Waals surface area (Å²) in [6.07, 6.45) is 1.59. The summed E-state index contributed by atoms with van der Waals surface area (Å²) in [5.41, 5.74) is 2.70. The van der Waals surface area contributed by atoms with Gasteiger partial charge in [0.25, 0.3) is 5.91 Å². The Morgan fingerprint density at radius 1 is 0.800 bits per heavy atom. The Balaban J connectivity index is 1.68. The zero-order valence-electron chi connectivity index (χ0n) is 22.7. The molecular weight excluding hydrogens is 504 g/mol. The Morgan fingerprint density at radius 3 is 2.08 bits per heavy atom. The van der Waals surface area contributed by atoms with E-state index in [2.05, 4.69) is 0 Å². The van der Waals surface area contributed by atoms with Gasteiger partial charge in [-0.15, -0.1) is 0 Å². The average Bonchev–Trinajstić information content (AvgIpc) is 3.01. The number of pyridine rings is 1. The summed E-state index contributed by atoms with van der Waals surface area (Å²) in [4.78, 5) is 29.2. The summed E-state index contributed by atoms with van der Waals surface area (Å²) in [7, 11) is 3.15. The predicted octanol–water partition coefficient (Wildman–Crippen LogP) is 6.25. The highest BCUT2D eigenvalue weighted by molar-refractivity contribution is 6.07. The van der Waals surface area contributed by atoms with Gasteiger partial charge in [0.2, 0.25) is 5.43 Å². The number of benzene rings is 4. The lowest BCUT2D eigenvalue weighted by Crippen LogP contribution is -2.34. The van der Waals surface area contributed by atoms with Gasteiger partial charge in [0.05, 0.1) is 25.4 Å². The van der Waals surface area contributed by atoms with Crippen LogP contribution in [0.2, 0.25) is 0 Å². The Hall–Kier alpha value is -5.04. The molecule has 0 aliphatic heterocycles. The molecule has 7 nitrogen and oxygen atoms in total. The predicted molar refractivity (Wildman–Crippen MR) is 157 cm³/mol. The van der Waals surface area contributed by atoms with Crippen LogP contribution in [0.15, 0.2) is 108 Å². The van der Waals surface area contributed by atoms with Crippen molar-refractivity contribution in [3.8, 4) is 22.9 Å². The second-order valence-corrected chi connectivity index (χ2v) is 9.15. The smallest absolute Gasteiger partial charge is 0.263 e. The molecule has 7 heteroatoms. The maximum absolute atomic E-state index is 13.8. The van der Waals surface area contributed by atoms with Crippen LogP contribution in [0.3, 0.4) is 0 Å². The molecule has 0 saturated carbocycles. The summed E-state index contributed by atoms with van der Waals surface area (Å²) in [5.74, 6) is 1.36. The fourth-order valence-corrected chi connectivity index (χ4v) is 4.63. The van der Waals surface area contributed by atoms with E-state index in [-0.39, 0.29) is 16.9 Å². The molecule has 1 amide bonds. The summed E-state index contributed by atoms with van der Waals surface area (Å²) >= 11 is 0. The van der Waals surface area contributed by atoms with E-state index in [1.165, 1.54) is 0 Å². The van der Waals surface area contributed by atoms with Crippen LogP contribution >= 0.6 is 0 Å². The molecule has 4 aromatic carbocycles. The minimum atomic E-state index is -0.381. The SMILES string of the molecule is CCN(C(=O)c1cn(-c2cc(OC)cc(OC)c2)c2cc(OCc3ccccc3)ccc2c1=O)c1ccccc1. The summed E-state index contributed by atoms with van der Waals surface area (Å²) in [5, 5.41) is 0.392. The van der Waals surface area contributed by atoms with E-state index in [0.717, 1.165) is 5.56 Å². The van der Waals surface area contributed by atoms with E-state index in [4.69, 9.17) is 14.2 Å². The molecule has 5 aromatic rings. The number of hydrogen-bond acceptors (Lipinski definition) is 5. The number of rotatable bonds is 9. The lowest BCUT2D eigenvalue weighted by Gasteiger charge is -2.22. The molecule has 1 aromatic heterocycles. The molecule has 0 aliphatic carbocycles. The Labute approximate surface area is 232 Å². The molecule has 0 saturated heterocycles. The van der Waals surface area contributed by atoms with Crippen molar-refractivity contribution < 1.29 is 19.0 Å². The number of methoxy groups -OCH3 is 2. The van der Waals surface area contributed by atoms with Crippen LogP contribution in [0, 0.1) is 0 Å². The number of carbonyl (C=O) groups is 1. The van der Waals surface area contributed by atoms with E-state index < -0.39 is 0 Å². The monoisotopic (exact) mass is 534 g/mol. The fraction of sp³-hybridized carbons (Fsp3) is 0.152. The molecule has 0 bridgehead atoms. The van der Waals surface area contributed by atoms with Gasteiger partial charge in [0.15, 0.2) is 0 Å². The first-order valence-electron chi connectivity index (χ1n) is 13.0. The van der Waals surface area contributed by atoms with Crippen LogP contribution in [-0.4, -0.2) is 31.2 Å². The molecule has 5 rings (SSSR count). The van der Waals surface area contributed by atoms with E-state index in [1.807, 2.05) is 90.4 Å². The number of fused-ring (bicyclic) bond motifs is 1. The lowest BCUT2D eigenvalue weighted by atomic mass is 10.1. The first-order chi connectivity index (χ1) is 19.5. The van der Waals surface area contributed by atoms with Crippen LogP contribution in [-0.2, 0) is 6.61 Å². The van der Waals surface area contributed by atoms with Crippen LogP contribution in [0.5, 0.6) is 17.2 Å². The first-order valence-corrected chi connectivity index (χ1v) is 13.0. The third-order valence-corrected chi connectivity index (χ3v) is 6.70. The number of hydrogen-bond donors (Lipinski definition) is 0.